The molecule has 0 aromatic carbocycles. The zero-order valence-electron chi connectivity index (χ0n) is 17.4. The highest BCUT2D eigenvalue weighted by atomic mass is 28.5. The SMILES string of the molecule is C=CC(N)[Si]1(C)O[Si](C)(C(N)C=C)O[Si](C)(C(N)C=C)O[Si](C)(C(N)C=C)O1. The molecule has 1 saturated heterocycles. The number of hydrogen-bond donors (Lipinski definition) is 4. The summed E-state index contributed by atoms with van der Waals surface area (Å²) in [5.74, 6) is 0. The fraction of sp³-hybridized carbons (Fsp3) is 0.500. The van der Waals surface area contributed by atoms with Gasteiger partial charge in [-0.15, -0.1) is 26.3 Å². The van der Waals surface area contributed by atoms with Crippen LogP contribution in [0.2, 0.25) is 26.2 Å². The standard InChI is InChI=1S/C16H36N4O4Si4/c1-9-13(17)25(5)21-26(6,14(18)10-2)23-28(8,16(20)12-4)24-27(7,22-25)15(19)11-3/h9-16H,1-4,17-20H2,5-8H3. The third-order valence-corrected chi connectivity index (χ3v) is 23.8. The van der Waals surface area contributed by atoms with Crippen molar-refractivity contribution in [1.82, 2.24) is 0 Å². The average Bonchev–Trinajstić information content (AvgIpc) is 2.63. The third kappa shape index (κ3) is 4.97. The van der Waals surface area contributed by atoms with Gasteiger partial charge in [-0.1, -0.05) is 24.3 Å². The molecule has 0 saturated carbocycles. The van der Waals surface area contributed by atoms with E-state index in [2.05, 4.69) is 26.3 Å². The number of nitrogens with two attached hydrogens (primary N) is 4. The van der Waals surface area contributed by atoms with Crippen molar-refractivity contribution in [3.63, 3.8) is 0 Å². The molecule has 1 heterocycles. The highest BCUT2D eigenvalue weighted by Crippen LogP contribution is 2.35. The Bertz CT molecular complexity index is 511. The van der Waals surface area contributed by atoms with Crippen molar-refractivity contribution in [1.29, 1.82) is 0 Å². The fourth-order valence-corrected chi connectivity index (χ4v) is 24.2. The van der Waals surface area contributed by atoms with Crippen molar-refractivity contribution in [2.75, 3.05) is 0 Å². The molecule has 0 aromatic rings. The Morgan fingerprint density at radius 3 is 0.750 bits per heavy atom. The Kier molecular flexibility index (Phi) is 8.31. The molecule has 0 spiro atoms. The molecule has 0 radical (unpaired) electrons. The van der Waals surface area contributed by atoms with Crippen LogP contribution in [0.4, 0.5) is 0 Å². The molecule has 1 fully saturated rings. The second-order valence-corrected chi connectivity index (χ2v) is 21.6. The Hall–Kier alpha value is -0.492. The lowest BCUT2D eigenvalue weighted by atomic mass is 10.6. The molecule has 0 aliphatic carbocycles. The van der Waals surface area contributed by atoms with E-state index < -0.39 is 56.9 Å². The van der Waals surface area contributed by atoms with E-state index in [1.54, 1.807) is 24.3 Å². The predicted molar refractivity (Wildman–Crippen MR) is 124 cm³/mol. The Labute approximate surface area is 173 Å². The van der Waals surface area contributed by atoms with Gasteiger partial charge in [-0.05, 0) is 26.2 Å². The lowest BCUT2D eigenvalue weighted by molar-refractivity contribution is 0.211. The summed E-state index contributed by atoms with van der Waals surface area (Å²) in [5.41, 5.74) is 23.2. The summed E-state index contributed by atoms with van der Waals surface area (Å²) in [6.07, 6.45) is 6.40. The minimum Gasteiger partial charge on any atom is -0.413 e. The zero-order valence-corrected chi connectivity index (χ0v) is 21.4. The van der Waals surface area contributed by atoms with Gasteiger partial charge < -0.3 is 39.4 Å². The quantitative estimate of drug-likeness (QED) is 0.304. The van der Waals surface area contributed by atoms with Crippen molar-refractivity contribution in [3.8, 4) is 0 Å². The molecule has 1 aliphatic heterocycles. The zero-order chi connectivity index (χ0) is 22.0. The van der Waals surface area contributed by atoms with E-state index in [0.29, 0.717) is 0 Å². The van der Waals surface area contributed by atoms with Crippen molar-refractivity contribution < 1.29 is 16.5 Å². The van der Waals surface area contributed by atoms with Gasteiger partial charge in [0.1, 0.15) is 0 Å². The van der Waals surface area contributed by atoms with Gasteiger partial charge in [-0.2, -0.15) is 0 Å². The van der Waals surface area contributed by atoms with Gasteiger partial charge in [-0.25, -0.2) is 0 Å². The first kappa shape index (κ1) is 25.5. The average molecular weight is 461 g/mol. The van der Waals surface area contributed by atoms with E-state index in [-0.39, 0.29) is 0 Å². The molecule has 8 N–H and O–H groups in total. The summed E-state index contributed by atoms with van der Waals surface area (Å²) in [4.78, 5) is 0. The first-order chi connectivity index (χ1) is 12.8. The van der Waals surface area contributed by atoms with Crippen LogP contribution in [0.5, 0.6) is 0 Å². The Balaban J connectivity index is 3.67. The summed E-state index contributed by atoms with van der Waals surface area (Å²) in [6, 6.07) is 0. The van der Waals surface area contributed by atoms with Gasteiger partial charge in [-0.3, -0.25) is 0 Å². The Morgan fingerprint density at radius 1 is 0.500 bits per heavy atom. The van der Waals surface area contributed by atoms with Crippen molar-refractivity contribution in [3.05, 3.63) is 50.6 Å². The molecule has 0 aromatic heterocycles. The molecule has 8 nitrogen and oxygen atoms in total. The molecule has 1 rings (SSSR count). The fourth-order valence-electron chi connectivity index (χ4n) is 3.09. The van der Waals surface area contributed by atoms with Gasteiger partial charge in [0.15, 0.2) is 0 Å². The van der Waals surface area contributed by atoms with Crippen molar-refractivity contribution in [2.24, 2.45) is 22.9 Å². The maximum atomic E-state index is 6.60. The van der Waals surface area contributed by atoms with Gasteiger partial charge in [0.25, 0.3) is 0 Å². The first-order valence-corrected chi connectivity index (χ1v) is 18.7. The van der Waals surface area contributed by atoms with Crippen molar-refractivity contribution in [2.45, 2.75) is 48.8 Å². The highest BCUT2D eigenvalue weighted by Gasteiger charge is 2.62. The second-order valence-electron chi connectivity index (χ2n) is 7.52. The maximum Gasteiger partial charge on any atom is 0.338 e. The molecular weight excluding hydrogens is 425 g/mol. The minimum atomic E-state index is -3.13. The van der Waals surface area contributed by atoms with E-state index >= 15 is 0 Å². The number of rotatable bonds is 8. The van der Waals surface area contributed by atoms with Gasteiger partial charge >= 0.3 is 34.2 Å². The molecule has 4 atom stereocenters. The third-order valence-electron chi connectivity index (χ3n) is 5.06. The highest BCUT2D eigenvalue weighted by molar-refractivity contribution is 6.95. The van der Waals surface area contributed by atoms with E-state index in [1.165, 1.54) is 0 Å². The van der Waals surface area contributed by atoms with Crippen molar-refractivity contribution >= 4 is 34.2 Å². The molecule has 28 heavy (non-hydrogen) atoms. The predicted octanol–water partition coefficient (Wildman–Crippen LogP) is 0.564. The lowest BCUT2D eigenvalue weighted by Gasteiger charge is -2.53. The summed E-state index contributed by atoms with van der Waals surface area (Å²) in [6.45, 7) is 22.6. The molecule has 0 bridgehead atoms. The molecule has 160 valence electrons. The van der Waals surface area contributed by atoms with Gasteiger partial charge in [0.05, 0.1) is 22.7 Å². The lowest BCUT2D eigenvalue weighted by Crippen LogP contribution is -2.79. The van der Waals surface area contributed by atoms with Crippen LogP contribution in [0.1, 0.15) is 0 Å². The monoisotopic (exact) mass is 460 g/mol. The summed E-state index contributed by atoms with van der Waals surface area (Å²) >= 11 is 0. The summed E-state index contributed by atoms with van der Waals surface area (Å²) in [7, 11) is -12.5. The second kappa shape index (κ2) is 9.11. The van der Waals surface area contributed by atoms with E-state index in [9.17, 15) is 0 Å². The topological polar surface area (TPSA) is 141 Å². The van der Waals surface area contributed by atoms with Crippen LogP contribution >= 0.6 is 0 Å². The molecule has 1 aliphatic rings. The van der Waals surface area contributed by atoms with E-state index in [4.69, 9.17) is 39.4 Å². The molecular formula is C16H36N4O4Si4. The van der Waals surface area contributed by atoms with Crippen LogP contribution in [-0.2, 0) is 16.5 Å². The first-order valence-electron chi connectivity index (χ1n) is 9.09. The number of hydrogen-bond acceptors (Lipinski definition) is 8. The normalized spacial score (nSPS) is 40.9. The van der Waals surface area contributed by atoms with Crippen LogP contribution < -0.4 is 22.9 Å². The summed E-state index contributed by atoms with van der Waals surface area (Å²) < 4.78 is 26.4. The minimum absolute atomic E-state index is 0.550. The van der Waals surface area contributed by atoms with Crippen LogP contribution in [0.3, 0.4) is 0 Å². The van der Waals surface area contributed by atoms with Gasteiger partial charge in [0, 0.05) is 0 Å². The van der Waals surface area contributed by atoms with Crippen LogP contribution in [0, 0.1) is 0 Å². The summed E-state index contributed by atoms with van der Waals surface area (Å²) in [5, 5.41) is 0. The smallest absolute Gasteiger partial charge is 0.338 e. The van der Waals surface area contributed by atoms with E-state index in [1.807, 2.05) is 26.2 Å². The van der Waals surface area contributed by atoms with Crippen LogP contribution in [-0.4, -0.2) is 56.9 Å². The molecule has 0 amide bonds. The van der Waals surface area contributed by atoms with Crippen LogP contribution in [0.15, 0.2) is 50.6 Å². The van der Waals surface area contributed by atoms with E-state index in [0.717, 1.165) is 0 Å². The van der Waals surface area contributed by atoms with Crippen LogP contribution in [0.25, 0.3) is 0 Å². The maximum absolute atomic E-state index is 6.60. The molecule has 12 heteroatoms. The van der Waals surface area contributed by atoms with Gasteiger partial charge in [0.2, 0.25) is 0 Å². The largest absolute Gasteiger partial charge is 0.413 e. The molecule has 4 unspecified atom stereocenters. The Morgan fingerprint density at radius 2 is 0.643 bits per heavy atom.